The molecule has 0 saturated carbocycles. The predicted molar refractivity (Wildman–Crippen MR) is 92.4 cm³/mol. The molecule has 0 aliphatic heterocycles. The van der Waals surface area contributed by atoms with Crippen molar-refractivity contribution in [3.05, 3.63) is 82.5 Å². The average molecular weight is 306 g/mol. The molecule has 1 aromatic carbocycles. The Kier molecular flexibility index (Phi) is 5.26. The molecule has 0 saturated heterocycles. The van der Waals surface area contributed by atoms with Gasteiger partial charge in [-0.25, -0.2) is 0 Å². The zero-order chi connectivity index (χ0) is 16.8. The summed E-state index contributed by atoms with van der Waals surface area (Å²) in [5.74, 6) is -0.00646. The zero-order valence-electron chi connectivity index (χ0n) is 13.0. The average Bonchev–Trinajstić information content (AvgIpc) is 2.77. The van der Waals surface area contributed by atoms with Crippen LogP contribution >= 0.6 is 0 Å². The third kappa shape index (κ3) is 3.64. The molecule has 1 aliphatic carbocycles. The lowest BCUT2D eigenvalue weighted by Gasteiger charge is -2.08. The SMILES string of the molecule is C=C/C(=C\C=C(/C)C=O)C1=Cc2ccc(O)c(C=O)c2CC=C1. The highest BCUT2D eigenvalue weighted by Gasteiger charge is 2.13. The van der Waals surface area contributed by atoms with Gasteiger partial charge in [-0.05, 0) is 53.3 Å². The zero-order valence-corrected chi connectivity index (χ0v) is 13.0. The number of phenolic OH excluding ortho intramolecular Hbond substituents is 1. The van der Waals surface area contributed by atoms with Gasteiger partial charge in [0.25, 0.3) is 0 Å². The molecule has 0 bridgehead atoms. The van der Waals surface area contributed by atoms with Crippen molar-refractivity contribution in [3.63, 3.8) is 0 Å². The van der Waals surface area contributed by atoms with Gasteiger partial charge >= 0.3 is 0 Å². The minimum Gasteiger partial charge on any atom is -0.507 e. The van der Waals surface area contributed by atoms with Crippen LogP contribution in [0.25, 0.3) is 6.08 Å². The summed E-state index contributed by atoms with van der Waals surface area (Å²) in [6.07, 6.45) is 13.2. The van der Waals surface area contributed by atoms with Crippen molar-refractivity contribution in [1.82, 2.24) is 0 Å². The van der Waals surface area contributed by atoms with Crippen molar-refractivity contribution >= 4 is 18.6 Å². The number of carbonyl (C=O) groups excluding carboxylic acids is 2. The number of phenols is 1. The highest BCUT2D eigenvalue weighted by atomic mass is 16.3. The number of hydrogen-bond acceptors (Lipinski definition) is 3. The summed E-state index contributed by atoms with van der Waals surface area (Å²) in [5.41, 5.74) is 4.43. The highest BCUT2D eigenvalue weighted by Crippen LogP contribution is 2.29. The number of benzene rings is 1. The van der Waals surface area contributed by atoms with E-state index in [0.29, 0.717) is 23.8 Å². The monoisotopic (exact) mass is 306 g/mol. The fourth-order valence-corrected chi connectivity index (χ4v) is 2.41. The molecule has 0 atom stereocenters. The van der Waals surface area contributed by atoms with E-state index in [1.165, 1.54) is 6.07 Å². The van der Waals surface area contributed by atoms with Crippen LogP contribution in [0.4, 0.5) is 0 Å². The Morgan fingerprint density at radius 2 is 2.04 bits per heavy atom. The Morgan fingerprint density at radius 1 is 1.26 bits per heavy atom. The Bertz CT molecular complexity index is 774. The molecule has 1 N–H and O–H groups in total. The quantitative estimate of drug-likeness (QED) is 0.509. The molecular formula is C20H18O3. The fourth-order valence-electron chi connectivity index (χ4n) is 2.41. The van der Waals surface area contributed by atoms with Gasteiger partial charge in [0.05, 0.1) is 5.56 Å². The lowest BCUT2D eigenvalue weighted by molar-refractivity contribution is -0.104. The molecule has 116 valence electrons. The van der Waals surface area contributed by atoms with Crippen LogP contribution in [0.5, 0.6) is 5.75 Å². The van der Waals surface area contributed by atoms with E-state index < -0.39 is 0 Å². The van der Waals surface area contributed by atoms with Crippen LogP contribution < -0.4 is 0 Å². The van der Waals surface area contributed by atoms with E-state index in [0.717, 1.165) is 28.6 Å². The van der Waals surface area contributed by atoms with Crippen LogP contribution in [0.3, 0.4) is 0 Å². The van der Waals surface area contributed by atoms with Crippen LogP contribution in [-0.2, 0) is 11.2 Å². The molecule has 0 aromatic heterocycles. The number of aldehydes is 2. The molecule has 0 spiro atoms. The second-order valence-electron chi connectivity index (χ2n) is 5.24. The fraction of sp³-hybridized carbons (Fsp3) is 0.100. The minimum atomic E-state index is -0.00646. The largest absolute Gasteiger partial charge is 0.507 e. The van der Waals surface area contributed by atoms with E-state index in [1.54, 1.807) is 25.1 Å². The molecule has 0 unspecified atom stereocenters. The van der Waals surface area contributed by atoms with E-state index in [4.69, 9.17) is 0 Å². The van der Waals surface area contributed by atoms with E-state index in [9.17, 15) is 14.7 Å². The molecule has 0 heterocycles. The van der Waals surface area contributed by atoms with Gasteiger partial charge in [0.2, 0.25) is 0 Å². The Morgan fingerprint density at radius 3 is 2.70 bits per heavy atom. The summed E-state index contributed by atoms with van der Waals surface area (Å²) >= 11 is 0. The van der Waals surface area contributed by atoms with Crippen LogP contribution in [0.15, 0.2) is 65.8 Å². The number of rotatable bonds is 5. The second kappa shape index (κ2) is 7.36. The number of carbonyl (C=O) groups is 2. The van der Waals surface area contributed by atoms with Gasteiger partial charge in [0, 0.05) is 0 Å². The first-order valence-electron chi connectivity index (χ1n) is 7.25. The van der Waals surface area contributed by atoms with Gasteiger partial charge in [-0.2, -0.15) is 0 Å². The lowest BCUT2D eigenvalue weighted by atomic mass is 9.97. The first-order valence-corrected chi connectivity index (χ1v) is 7.25. The maximum absolute atomic E-state index is 11.2. The lowest BCUT2D eigenvalue weighted by Crippen LogP contribution is -1.95. The first kappa shape index (κ1) is 16.4. The van der Waals surface area contributed by atoms with Crippen LogP contribution in [0.1, 0.15) is 28.4 Å². The summed E-state index contributed by atoms with van der Waals surface area (Å²) in [7, 11) is 0. The number of allylic oxidation sites excluding steroid dienone is 8. The van der Waals surface area contributed by atoms with Gasteiger partial charge in [0.15, 0.2) is 6.29 Å². The Labute approximate surface area is 135 Å². The molecular weight excluding hydrogens is 288 g/mol. The number of fused-ring (bicyclic) bond motifs is 1. The van der Waals surface area contributed by atoms with Crippen LogP contribution in [0.2, 0.25) is 0 Å². The molecule has 3 nitrogen and oxygen atoms in total. The topological polar surface area (TPSA) is 54.4 Å². The molecule has 23 heavy (non-hydrogen) atoms. The van der Waals surface area contributed by atoms with Crippen molar-refractivity contribution in [3.8, 4) is 5.75 Å². The summed E-state index contributed by atoms with van der Waals surface area (Å²) in [4.78, 5) is 21.9. The van der Waals surface area contributed by atoms with Gasteiger partial charge in [0.1, 0.15) is 12.0 Å². The van der Waals surface area contributed by atoms with Crippen molar-refractivity contribution in [2.24, 2.45) is 0 Å². The number of aromatic hydroxyl groups is 1. The Balaban J connectivity index is 2.54. The Hall–Kier alpha value is -2.94. The molecule has 0 amide bonds. The molecule has 1 aromatic rings. The summed E-state index contributed by atoms with van der Waals surface area (Å²) in [6, 6.07) is 3.31. The van der Waals surface area contributed by atoms with Crippen molar-refractivity contribution in [2.45, 2.75) is 13.3 Å². The maximum atomic E-state index is 11.2. The van der Waals surface area contributed by atoms with Crippen LogP contribution in [-0.4, -0.2) is 17.7 Å². The van der Waals surface area contributed by atoms with Gasteiger partial charge in [-0.1, -0.05) is 43.0 Å². The summed E-state index contributed by atoms with van der Waals surface area (Å²) < 4.78 is 0. The van der Waals surface area contributed by atoms with Gasteiger partial charge in [-0.3, -0.25) is 9.59 Å². The summed E-state index contributed by atoms with van der Waals surface area (Å²) in [6.45, 7) is 5.55. The maximum Gasteiger partial charge on any atom is 0.154 e. The van der Waals surface area contributed by atoms with E-state index >= 15 is 0 Å². The van der Waals surface area contributed by atoms with Crippen LogP contribution in [0, 0.1) is 0 Å². The van der Waals surface area contributed by atoms with Gasteiger partial charge < -0.3 is 5.11 Å². The normalized spacial score (nSPS) is 14.6. The molecule has 2 rings (SSSR count). The highest BCUT2D eigenvalue weighted by molar-refractivity contribution is 5.85. The third-order valence-electron chi connectivity index (χ3n) is 3.68. The van der Waals surface area contributed by atoms with Crippen molar-refractivity contribution < 1.29 is 14.7 Å². The van der Waals surface area contributed by atoms with Crippen molar-refractivity contribution in [2.75, 3.05) is 0 Å². The molecule has 1 aliphatic rings. The second-order valence-corrected chi connectivity index (χ2v) is 5.24. The third-order valence-corrected chi connectivity index (χ3v) is 3.68. The smallest absolute Gasteiger partial charge is 0.154 e. The minimum absolute atomic E-state index is 0.00646. The molecule has 3 heteroatoms. The predicted octanol–water partition coefficient (Wildman–Crippen LogP) is 3.96. The number of hydrogen-bond donors (Lipinski definition) is 1. The van der Waals surface area contributed by atoms with E-state index in [1.807, 2.05) is 24.3 Å². The van der Waals surface area contributed by atoms with E-state index in [2.05, 4.69) is 6.58 Å². The van der Waals surface area contributed by atoms with Gasteiger partial charge in [-0.15, -0.1) is 0 Å². The molecule has 0 radical (unpaired) electrons. The molecule has 0 fully saturated rings. The first-order chi connectivity index (χ1) is 11.1. The van der Waals surface area contributed by atoms with E-state index in [-0.39, 0.29) is 5.75 Å². The standard InChI is InChI=1S/C20H18O3/c1-3-15(8-7-14(2)12-21)16-5-4-6-18-17(11-16)9-10-20(23)19(18)13-22/h3-5,7-13,23H,1,6H2,2H3/b14-7+,15-8+. The van der Waals surface area contributed by atoms with Crippen molar-refractivity contribution in [1.29, 1.82) is 0 Å². The summed E-state index contributed by atoms with van der Waals surface area (Å²) in [5, 5.41) is 9.81.